The van der Waals surface area contributed by atoms with Crippen LogP contribution in [0.15, 0.2) is 103 Å². The van der Waals surface area contributed by atoms with E-state index in [9.17, 15) is 4.79 Å². The van der Waals surface area contributed by atoms with Crippen LogP contribution < -0.4 is 0 Å². The van der Waals surface area contributed by atoms with Crippen molar-refractivity contribution in [2.75, 3.05) is 0 Å². The van der Waals surface area contributed by atoms with Crippen molar-refractivity contribution in [2.45, 2.75) is 0 Å². The first-order valence-electron chi connectivity index (χ1n) is 9.01. The van der Waals surface area contributed by atoms with Gasteiger partial charge in [0.2, 0.25) is 5.78 Å². The molecule has 0 aliphatic carbocycles. The molecular weight excluding hydrogens is 330 g/mol. The minimum atomic E-state index is 0.0306. The van der Waals surface area contributed by atoms with Crippen LogP contribution in [0.25, 0.3) is 27.4 Å². The van der Waals surface area contributed by atoms with Crippen LogP contribution in [0.2, 0.25) is 0 Å². The highest BCUT2D eigenvalue weighted by molar-refractivity contribution is 6.13. The van der Waals surface area contributed by atoms with Gasteiger partial charge in [-0.3, -0.25) is 4.79 Å². The summed E-state index contributed by atoms with van der Waals surface area (Å²) in [6.07, 6.45) is 2.00. The second-order valence-corrected chi connectivity index (χ2v) is 6.63. The molecule has 0 saturated carbocycles. The van der Waals surface area contributed by atoms with Gasteiger partial charge in [0, 0.05) is 22.7 Å². The standard InChI is InChI=1S/C25H17NO/c27-25(20-12-5-2-6-13-20)23-17-22(18-9-3-1-4-10-18)24-21-14-8-7-11-19(21)15-16-26(23)24/h1-17H. The Hall–Kier alpha value is -3.65. The van der Waals surface area contributed by atoms with Crippen LogP contribution in [0.4, 0.5) is 0 Å². The van der Waals surface area contributed by atoms with E-state index < -0.39 is 0 Å². The Labute approximate surface area is 157 Å². The molecule has 0 N–H and O–H groups in total. The fourth-order valence-electron chi connectivity index (χ4n) is 3.72. The third-order valence-corrected chi connectivity index (χ3v) is 5.01. The SMILES string of the molecule is O=C(c1ccccc1)c1cc(-c2ccccc2)c2c3ccccc3ccn12. The Morgan fingerprint density at radius 2 is 1.37 bits per heavy atom. The van der Waals surface area contributed by atoms with Gasteiger partial charge in [-0.05, 0) is 23.1 Å². The van der Waals surface area contributed by atoms with E-state index in [1.54, 1.807) is 0 Å². The van der Waals surface area contributed by atoms with Gasteiger partial charge < -0.3 is 4.40 Å². The monoisotopic (exact) mass is 347 g/mol. The highest BCUT2D eigenvalue weighted by atomic mass is 16.1. The molecule has 3 aromatic carbocycles. The molecule has 0 bridgehead atoms. The van der Waals surface area contributed by atoms with E-state index >= 15 is 0 Å². The summed E-state index contributed by atoms with van der Waals surface area (Å²) in [4.78, 5) is 13.2. The molecule has 2 heteroatoms. The summed E-state index contributed by atoms with van der Waals surface area (Å²) in [6.45, 7) is 0. The molecule has 27 heavy (non-hydrogen) atoms. The predicted molar refractivity (Wildman–Crippen MR) is 110 cm³/mol. The van der Waals surface area contributed by atoms with E-state index in [1.165, 1.54) is 5.39 Å². The minimum absolute atomic E-state index is 0.0306. The number of ketones is 1. The van der Waals surface area contributed by atoms with Crippen molar-refractivity contribution in [3.8, 4) is 11.1 Å². The average Bonchev–Trinajstić information content (AvgIpc) is 3.15. The Morgan fingerprint density at radius 3 is 2.15 bits per heavy atom. The van der Waals surface area contributed by atoms with E-state index in [0.717, 1.165) is 22.0 Å². The van der Waals surface area contributed by atoms with Crippen LogP contribution >= 0.6 is 0 Å². The Morgan fingerprint density at radius 1 is 0.704 bits per heavy atom. The summed E-state index contributed by atoms with van der Waals surface area (Å²) in [5.74, 6) is 0.0306. The molecule has 0 aliphatic rings. The van der Waals surface area contributed by atoms with E-state index in [4.69, 9.17) is 0 Å². The maximum Gasteiger partial charge on any atom is 0.209 e. The largest absolute Gasteiger partial charge is 0.312 e. The summed E-state index contributed by atoms with van der Waals surface area (Å²) in [6, 6.07) is 32.1. The lowest BCUT2D eigenvalue weighted by Crippen LogP contribution is -2.04. The molecule has 0 atom stereocenters. The highest BCUT2D eigenvalue weighted by Crippen LogP contribution is 2.34. The lowest BCUT2D eigenvalue weighted by atomic mass is 10.0. The lowest BCUT2D eigenvalue weighted by molar-refractivity contribution is 0.103. The molecule has 0 aliphatic heterocycles. The summed E-state index contributed by atoms with van der Waals surface area (Å²) in [5, 5.41) is 2.31. The van der Waals surface area contributed by atoms with Crippen molar-refractivity contribution >= 4 is 22.1 Å². The molecule has 0 saturated heterocycles. The number of benzene rings is 3. The molecule has 128 valence electrons. The second kappa shape index (κ2) is 6.26. The van der Waals surface area contributed by atoms with Crippen LogP contribution in [0.3, 0.4) is 0 Å². The van der Waals surface area contributed by atoms with Crippen molar-refractivity contribution in [1.29, 1.82) is 0 Å². The Bertz CT molecular complexity index is 1270. The van der Waals surface area contributed by atoms with Crippen molar-refractivity contribution in [1.82, 2.24) is 4.40 Å². The summed E-state index contributed by atoms with van der Waals surface area (Å²) >= 11 is 0. The number of hydrogen-bond acceptors (Lipinski definition) is 1. The highest BCUT2D eigenvalue weighted by Gasteiger charge is 2.19. The first-order valence-corrected chi connectivity index (χ1v) is 9.01. The van der Waals surface area contributed by atoms with Crippen molar-refractivity contribution < 1.29 is 4.79 Å². The van der Waals surface area contributed by atoms with E-state index in [2.05, 4.69) is 30.3 Å². The van der Waals surface area contributed by atoms with E-state index in [0.29, 0.717) is 11.3 Å². The molecule has 0 fully saturated rings. The Kier molecular flexibility index (Phi) is 3.61. The fraction of sp³-hybridized carbons (Fsp3) is 0. The first kappa shape index (κ1) is 15.6. The average molecular weight is 347 g/mol. The molecule has 2 heterocycles. The Balaban J connectivity index is 1.86. The molecular formula is C25H17NO. The summed E-state index contributed by atoms with van der Waals surface area (Å²) < 4.78 is 2.03. The number of carbonyl (C=O) groups is 1. The smallest absolute Gasteiger partial charge is 0.209 e. The zero-order valence-electron chi connectivity index (χ0n) is 14.7. The number of hydrogen-bond donors (Lipinski definition) is 0. The van der Waals surface area contributed by atoms with Gasteiger partial charge in [-0.25, -0.2) is 0 Å². The molecule has 0 unspecified atom stereocenters. The molecule has 2 nitrogen and oxygen atoms in total. The number of aromatic nitrogens is 1. The van der Waals surface area contributed by atoms with Crippen molar-refractivity contribution in [3.05, 3.63) is 115 Å². The first-order chi connectivity index (χ1) is 13.3. The third kappa shape index (κ3) is 2.54. The second-order valence-electron chi connectivity index (χ2n) is 6.63. The van der Waals surface area contributed by atoms with Gasteiger partial charge in [0.1, 0.15) is 0 Å². The summed E-state index contributed by atoms with van der Waals surface area (Å²) in [7, 11) is 0. The van der Waals surface area contributed by atoms with E-state index in [-0.39, 0.29) is 5.78 Å². The van der Waals surface area contributed by atoms with Crippen LogP contribution in [0.1, 0.15) is 16.1 Å². The number of fused-ring (bicyclic) bond motifs is 3. The van der Waals surface area contributed by atoms with Crippen LogP contribution in [-0.4, -0.2) is 10.2 Å². The van der Waals surface area contributed by atoms with Gasteiger partial charge in [0.25, 0.3) is 0 Å². The molecule has 0 radical (unpaired) electrons. The fourth-order valence-corrected chi connectivity index (χ4v) is 3.72. The number of nitrogens with zero attached hydrogens (tertiary/aromatic N) is 1. The van der Waals surface area contributed by atoms with Gasteiger partial charge in [0.15, 0.2) is 0 Å². The van der Waals surface area contributed by atoms with E-state index in [1.807, 2.05) is 77.3 Å². The van der Waals surface area contributed by atoms with Gasteiger partial charge in [-0.2, -0.15) is 0 Å². The van der Waals surface area contributed by atoms with Gasteiger partial charge in [-0.15, -0.1) is 0 Å². The van der Waals surface area contributed by atoms with Gasteiger partial charge >= 0.3 is 0 Å². The number of pyridine rings is 1. The van der Waals surface area contributed by atoms with Crippen LogP contribution in [0, 0.1) is 0 Å². The zero-order chi connectivity index (χ0) is 18.2. The normalized spacial score (nSPS) is 11.1. The molecule has 5 aromatic rings. The predicted octanol–water partition coefficient (Wildman–Crippen LogP) is 5.99. The third-order valence-electron chi connectivity index (χ3n) is 5.01. The van der Waals surface area contributed by atoms with Crippen molar-refractivity contribution in [3.63, 3.8) is 0 Å². The summed E-state index contributed by atoms with van der Waals surface area (Å²) in [5.41, 5.74) is 4.63. The lowest BCUT2D eigenvalue weighted by Gasteiger charge is -2.07. The number of rotatable bonds is 3. The quantitative estimate of drug-likeness (QED) is 0.367. The van der Waals surface area contributed by atoms with Gasteiger partial charge in [-0.1, -0.05) is 84.9 Å². The maximum absolute atomic E-state index is 13.2. The van der Waals surface area contributed by atoms with Crippen LogP contribution in [0.5, 0.6) is 0 Å². The van der Waals surface area contributed by atoms with Gasteiger partial charge in [0.05, 0.1) is 11.2 Å². The minimum Gasteiger partial charge on any atom is -0.312 e. The maximum atomic E-state index is 13.2. The number of carbonyl (C=O) groups excluding carboxylic acids is 1. The van der Waals surface area contributed by atoms with Crippen LogP contribution in [-0.2, 0) is 0 Å². The van der Waals surface area contributed by atoms with Crippen molar-refractivity contribution in [2.24, 2.45) is 0 Å². The molecule has 5 rings (SSSR count). The zero-order valence-corrected chi connectivity index (χ0v) is 14.7. The molecule has 0 amide bonds. The molecule has 0 spiro atoms. The topological polar surface area (TPSA) is 21.5 Å². The molecule has 2 aromatic heterocycles.